The van der Waals surface area contributed by atoms with Crippen LogP contribution in [-0.2, 0) is 11.3 Å². The summed E-state index contributed by atoms with van der Waals surface area (Å²) >= 11 is 3.19. The first kappa shape index (κ1) is 17.7. The van der Waals surface area contributed by atoms with Crippen molar-refractivity contribution in [1.82, 2.24) is 10.7 Å². The second-order valence-electron chi connectivity index (χ2n) is 4.94. The van der Waals surface area contributed by atoms with Crippen LogP contribution in [0.15, 0.2) is 46.9 Å². The lowest BCUT2D eigenvalue weighted by Crippen LogP contribution is -2.38. The molecule has 0 atom stereocenters. The van der Waals surface area contributed by atoms with E-state index in [1.165, 1.54) is 25.1 Å². The second-order valence-corrected chi connectivity index (χ2v) is 5.79. The fourth-order valence-corrected chi connectivity index (χ4v) is 2.35. The van der Waals surface area contributed by atoms with E-state index >= 15 is 0 Å². The van der Waals surface area contributed by atoms with Crippen LogP contribution >= 0.6 is 15.9 Å². The van der Waals surface area contributed by atoms with Crippen molar-refractivity contribution in [3.63, 3.8) is 0 Å². The number of halogens is 2. The summed E-state index contributed by atoms with van der Waals surface area (Å²) < 4.78 is 13.5. The molecule has 0 aliphatic carbocycles. The number of carbonyl (C=O) groups excluding carboxylic acids is 2. The summed E-state index contributed by atoms with van der Waals surface area (Å²) in [4.78, 5) is 22.8. The molecule has 0 bridgehead atoms. The highest BCUT2D eigenvalue weighted by molar-refractivity contribution is 9.10. The van der Waals surface area contributed by atoms with Crippen molar-refractivity contribution in [3.05, 3.63) is 58.3 Å². The Kier molecular flexibility index (Phi) is 6.14. The highest BCUT2D eigenvalue weighted by Gasteiger charge is 2.04. The van der Waals surface area contributed by atoms with E-state index in [9.17, 15) is 14.0 Å². The van der Waals surface area contributed by atoms with E-state index in [4.69, 9.17) is 0 Å². The Morgan fingerprint density at radius 3 is 2.67 bits per heavy atom. The van der Waals surface area contributed by atoms with E-state index in [2.05, 4.69) is 37.4 Å². The molecule has 0 aliphatic heterocycles. The molecule has 2 aromatic rings. The summed E-state index contributed by atoms with van der Waals surface area (Å²) in [5.74, 6) is -0.539. The second kappa shape index (κ2) is 8.30. The molecule has 0 saturated carbocycles. The number of nitrogens with one attached hydrogen (secondary N) is 4. The van der Waals surface area contributed by atoms with Crippen LogP contribution in [0.5, 0.6) is 0 Å². The first-order chi connectivity index (χ1) is 11.4. The molecule has 0 radical (unpaired) electrons. The Labute approximate surface area is 146 Å². The molecule has 2 rings (SSSR count). The van der Waals surface area contributed by atoms with Crippen LogP contribution in [0.4, 0.5) is 20.6 Å². The number of hydrazine groups is 1. The maximum Gasteiger partial charge on any atom is 0.333 e. The van der Waals surface area contributed by atoms with Gasteiger partial charge in [-0.15, -0.1) is 0 Å². The van der Waals surface area contributed by atoms with Crippen LogP contribution in [0.3, 0.4) is 0 Å². The number of carbonyl (C=O) groups is 2. The standard InChI is InChI=1S/C16H16BrFN4O2/c1-10(23)20-13-4-2-3-11(7-13)9-19-16(24)22-21-15-6-5-12(18)8-14(15)17/h2-8,21H,9H2,1H3,(H,20,23)(H2,19,22,24). The average molecular weight is 395 g/mol. The first-order valence-corrected chi connectivity index (χ1v) is 7.85. The summed E-state index contributed by atoms with van der Waals surface area (Å²) in [6, 6.07) is 10.8. The third kappa shape index (κ3) is 5.54. The lowest BCUT2D eigenvalue weighted by molar-refractivity contribution is -0.114. The quantitative estimate of drug-likeness (QED) is 0.586. The smallest absolute Gasteiger partial charge is 0.333 e. The number of hydrogen-bond donors (Lipinski definition) is 4. The van der Waals surface area contributed by atoms with Crippen LogP contribution in [0, 0.1) is 5.82 Å². The summed E-state index contributed by atoms with van der Waals surface area (Å²) in [7, 11) is 0. The lowest BCUT2D eigenvalue weighted by Gasteiger charge is -2.12. The van der Waals surface area contributed by atoms with Crippen molar-refractivity contribution < 1.29 is 14.0 Å². The summed E-state index contributed by atoms with van der Waals surface area (Å²) in [6.07, 6.45) is 0. The van der Waals surface area contributed by atoms with Crippen LogP contribution in [0.25, 0.3) is 0 Å². The summed E-state index contributed by atoms with van der Waals surface area (Å²) in [5, 5.41) is 5.34. The van der Waals surface area contributed by atoms with Crippen LogP contribution < -0.4 is 21.5 Å². The molecule has 4 N–H and O–H groups in total. The minimum atomic E-state index is -0.448. The van der Waals surface area contributed by atoms with Crippen molar-refractivity contribution in [2.75, 3.05) is 10.7 Å². The van der Waals surface area contributed by atoms with Gasteiger partial charge >= 0.3 is 6.03 Å². The minimum absolute atomic E-state index is 0.160. The van der Waals surface area contributed by atoms with Crippen LogP contribution in [0.1, 0.15) is 12.5 Å². The highest BCUT2D eigenvalue weighted by Crippen LogP contribution is 2.22. The summed E-state index contributed by atoms with van der Waals surface area (Å²) in [5.41, 5.74) is 7.16. The van der Waals surface area contributed by atoms with Crippen LogP contribution in [-0.4, -0.2) is 11.9 Å². The maximum absolute atomic E-state index is 13.0. The van der Waals surface area contributed by atoms with E-state index in [1.54, 1.807) is 18.2 Å². The van der Waals surface area contributed by atoms with Crippen molar-refractivity contribution in [2.24, 2.45) is 0 Å². The van der Waals surface area contributed by atoms with Gasteiger partial charge in [-0.05, 0) is 51.8 Å². The SMILES string of the molecule is CC(=O)Nc1cccc(CNC(=O)NNc2ccc(F)cc2Br)c1. The topological polar surface area (TPSA) is 82.3 Å². The molecular weight excluding hydrogens is 379 g/mol. The number of anilines is 2. The van der Waals surface area contributed by atoms with Gasteiger partial charge in [0.15, 0.2) is 0 Å². The zero-order valence-corrected chi connectivity index (χ0v) is 14.4. The highest BCUT2D eigenvalue weighted by atomic mass is 79.9. The van der Waals surface area contributed by atoms with Gasteiger partial charge < -0.3 is 10.6 Å². The zero-order valence-electron chi connectivity index (χ0n) is 12.8. The van der Waals surface area contributed by atoms with E-state index in [1.807, 2.05) is 6.07 Å². The minimum Gasteiger partial charge on any atom is -0.333 e. The molecule has 126 valence electrons. The van der Waals surface area contributed by atoms with Gasteiger partial charge in [0.25, 0.3) is 0 Å². The Bertz CT molecular complexity index is 755. The molecule has 0 spiro atoms. The average Bonchev–Trinajstić information content (AvgIpc) is 2.52. The number of rotatable bonds is 5. The third-order valence-corrected chi connectivity index (χ3v) is 3.60. The number of benzene rings is 2. The molecule has 0 unspecified atom stereocenters. The Morgan fingerprint density at radius 2 is 1.96 bits per heavy atom. The molecule has 2 aromatic carbocycles. The first-order valence-electron chi connectivity index (χ1n) is 7.05. The van der Waals surface area contributed by atoms with Gasteiger partial charge in [-0.1, -0.05) is 12.1 Å². The van der Waals surface area contributed by atoms with E-state index in [0.29, 0.717) is 15.8 Å². The van der Waals surface area contributed by atoms with Gasteiger partial charge in [-0.3, -0.25) is 15.6 Å². The zero-order chi connectivity index (χ0) is 17.5. The van der Waals surface area contributed by atoms with E-state index in [-0.39, 0.29) is 18.3 Å². The van der Waals surface area contributed by atoms with Gasteiger partial charge in [0.2, 0.25) is 5.91 Å². The fourth-order valence-electron chi connectivity index (χ4n) is 1.90. The molecule has 6 nitrogen and oxygen atoms in total. The number of urea groups is 1. The van der Waals surface area contributed by atoms with Crippen molar-refractivity contribution in [3.8, 4) is 0 Å². The van der Waals surface area contributed by atoms with Gasteiger partial charge in [0.05, 0.1) is 5.69 Å². The van der Waals surface area contributed by atoms with Gasteiger partial charge in [0.1, 0.15) is 5.82 Å². The van der Waals surface area contributed by atoms with Gasteiger partial charge in [-0.2, -0.15) is 0 Å². The predicted octanol–water partition coefficient (Wildman–Crippen LogP) is 3.37. The predicted molar refractivity (Wildman–Crippen MR) is 93.8 cm³/mol. The van der Waals surface area contributed by atoms with Crippen LogP contribution in [0.2, 0.25) is 0 Å². The Morgan fingerprint density at radius 1 is 1.17 bits per heavy atom. The molecule has 0 aliphatic rings. The normalized spacial score (nSPS) is 9.96. The summed E-state index contributed by atoms with van der Waals surface area (Å²) in [6.45, 7) is 1.71. The number of amides is 3. The third-order valence-electron chi connectivity index (χ3n) is 2.94. The Hall–Kier alpha value is -2.61. The lowest BCUT2D eigenvalue weighted by atomic mass is 10.2. The molecule has 0 saturated heterocycles. The fraction of sp³-hybridized carbons (Fsp3) is 0.125. The molecule has 24 heavy (non-hydrogen) atoms. The van der Waals surface area contributed by atoms with E-state index in [0.717, 1.165) is 5.56 Å². The van der Waals surface area contributed by atoms with E-state index < -0.39 is 6.03 Å². The van der Waals surface area contributed by atoms with Crippen molar-refractivity contribution in [1.29, 1.82) is 0 Å². The maximum atomic E-state index is 13.0. The number of hydrogen-bond acceptors (Lipinski definition) is 3. The van der Waals surface area contributed by atoms with Crippen molar-refractivity contribution in [2.45, 2.75) is 13.5 Å². The molecular formula is C16H16BrFN4O2. The monoisotopic (exact) mass is 394 g/mol. The molecule has 3 amide bonds. The van der Waals surface area contributed by atoms with Gasteiger partial charge in [-0.25, -0.2) is 9.18 Å². The van der Waals surface area contributed by atoms with Gasteiger partial charge in [0, 0.05) is 23.6 Å². The molecule has 0 aromatic heterocycles. The molecule has 8 heteroatoms. The Balaban J connectivity index is 1.83. The largest absolute Gasteiger partial charge is 0.333 e. The molecule has 0 fully saturated rings. The molecule has 0 heterocycles. The van der Waals surface area contributed by atoms with Crippen molar-refractivity contribution >= 4 is 39.2 Å².